The van der Waals surface area contributed by atoms with E-state index < -0.39 is 11.6 Å². The van der Waals surface area contributed by atoms with Gasteiger partial charge in [0.25, 0.3) is 0 Å². The lowest BCUT2D eigenvalue weighted by molar-refractivity contribution is 0.503. The van der Waals surface area contributed by atoms with Gasteiger partial charge in [-0.05, 0) is 24.7 Å². The summed E-state index contributed by atoms with van der Waals surface area (Å²) < 4.78 is 27.9. The molecule has 0 aliphatic carbocycles. The quantitative estimate of drug-likeness (QED) is 0.885. The van der Waals surface area contributed by atoms with Crippen LogP contribution in [0.3, 0.4) is 0 Å². The Kier molecular flexibility index (Phi) is 3.19. The van der Waals surface area contributed by atoms with Crippen LogP contribution in [0.4, 0.5) is 8.78 Å². The number of nitrogens with one attached hydrogen (secondary N) is 1. The van der Waals surface area contributed by atoms with Gasteiger partial charge in [0.05, 0.1) is 6.04 Å². The molecule has 0 radical (unpaired) electrons. The maximum absolute atomic E-state index is 13.2. The second kappa shape index (κ2) is 4.63. The average Bonchev–Trinajstić information content (AvgIpc) is 2.71. The molecule has 1 unspecified atom stereocenters. The van der Waals surface area contributed by atoms with Crippen LogP contribution in [0, 0.1) is 11.6 Å². The molecule has 1 N–H and O–H groups in total. The zero-order chi connectivity index (χ0) is 12.4. The Morgan fingerprint density at radius 3 is 2.59 bits per heavy atom. The molecule has 1 heterocycles. The van der Waals surface area contributed by atoms with Crippen LogP contribution in [0.15, 0.2) is 30.6 Å². The van der Waals surface area contributed by atoms with Gasteiger partial charge in [0.2, 0.25) is 0 Å². The van der Waals surface area contributed by atoms with Crippen LogP contribution < -0.4 is 5.32 Å². The molecule has 90 valence electrons. The van der Waals surface area contributed by atoms with Crippen LogP contribution in [0.5, 0.6) is 0 Å². The number of imidazole rings is 1. The highest BCUT2D eigenvalue weighted by molar-refractivity contribution is 5.26. The lowest BCUT2D eigenvalue weighted by Crippen LogP contribution is -2.21. The molecule has 0 bridgehead atoms. The lowest BCUT2D eigenvalue weighted by Gasteiger charge is -2.16. The van der Waals surface area contributed by atoms with E-state index in [1.165, 1.54) is 6.07 Å². The van der Waals surface area contributed by atoms with Gasteiger partial charge in [0.15, 0.2) is 11.6 Å². The molecule has 0 amide bonds. The molecule has 0 aliphatic rings. The van der Waals surface area contributed by atoms with Crippen molar-refractivity contribution in [2.24, 2.45) is 7.05 Å². The fourth-order valence-corrected chi connectivity index (χ4v) is 1.79. The maximum atomic E-state index is 13.2. The summed E-state index contributed by atoms with van der Waals surface area (Å²) in [4.78, 5) is 4.20. The number of benzene rings is 1. The Hall–Kier alpha value is -1.75. The van der Waals surface area contributed by atoms with Crippen LogP contribution >= 0.6 is 0 Å². The first kappa shape index (κ1) is 11.7. The molecule has 1 aromatic carbocycles. The summed E-state index contributed by atoms with van der Waals surface area (Å²) in [6.07, 6.45) is 3.47. The van der Waals surface area contributed by atoms with Crippen LogP contribution in [0.1, 0.15) is 17.4 Å². The molecule has 0 saturated heterocycles. The van der Waals surface area contributed by atoms with E-state index in [-0.39, 0.29) is 6.04 Å². The van der Waals surface area contributed by atoms with Gasteiger partial charge < -0.3 is 9.88 Å². The Morgan fingerprint density at radius 1 is 1.29 bits per heavy atom. The standard InChI is InChI=1S/C12H13F2N3/c1-15-11(12-16-5-6-17(12)2)8-3-4-9(13)10(14)7-8/h3-7,11,15H,1-2H3. The van der Waals surface area contributed by atoms with E-state index in [0.29, 0.717) is 5.56 Å². The van der Waals surface area contributed by atoms with E-state index in [9.17, 15) is 8.78 Å². The van der Waals surface area contributed by atoms with E-state index in [4.69, 9.17) is 0 Å². The highest BCUT2D eigenvalue weighted by atomic mass is 19.2. The minimum atomic E-state index is -0.850. The van der Waals surface area contributed by atoms with Crippen molar-refractivity contribution < 1.29 is 8.78 Å². The largest absolute Gasteiger partial charge is 0.336 e. The summed E-state index contributed by atoms with van der Waals surface area (Å²) in [7, 11) is 3.60. The predicted octanol–water partition coefficient (Wildman–Crippen LogP) is 2.01. The number of halogens is 2. The first-order valence-electron chi connectivity index (χ1n) is 5.23. The van der Waals surface area contributed by atoms with Crippen molar-refractivity contribution in [1.29, 1.82) is 0 Å². The van der Waals surface area contributed by atoms with E-state index in [1.807, 2.05) is 11.6 Å². The van der Waals surface area contributed by atoms with Crippen LogP contribution in [0.25, 0.3) is 0 Å². The van der Waals surface area contributed by atoms with Gasteiger partial charge in [-0.3, -0.25) is 0 Å². The van der Waals surface area contributed by atoms with E-state index >= 15 is 0 Å². The molecule has 2 aromatic rings. The third-order valence-electron chi connectivity index (χ3n) is 2.68. The summed E-state index contributed by atoms with van der Waals surface area (Å²) in [5.74, 6) is -0.945. The molecular formula is C12H13F2N3. The molecule has 3 nitrogen and oxygen atoms in total. The number of hydrogen-bond acceptors (Lipinski definition) is 2. The molecule has 5 heteroatoms. The highest BCUT2D eigenvalue weighted by Crippen LogP contribution is 2.21. The van der Waals surface area contributed by atoms with Gasteiger partial charge in [-0.25, -0.2) is 13.8 Å². The summed E-state index contributed by atoms with van der Waals surface area (Å²) in [5.41, 5.74) is 0.640. The molecule has 0 fully saturated rings. The Labute approximate surface area is 98.1 Å². The van der Waals surface area contributed by atoms with Gasteiger partial charge >= 0.3 is 0 Å². The second-order valence-corrected chi connectivity index (χ2v) is 3.79. The van der Waals surface area contributed by atoms with Crippen molar-refractivity contribution in [3.8, 4) is 0 Å². The number of aryl methyl sites for hydroxylation is 1. The smallest absolute Gasteiger partial charge is 0.159 e. The third-order valence-corrected chi connectivity index (χ3v) is 2.68. The van der Waals surface area contributed by atoms with Crippen molar-refractivity contribution >= 4 is 0 Å². The average molecular weight is 237 g/mol. The molecule has 1 aromatic heterocycles. The SMILES string of the molecule is CNC(c1ccc(F)c(F)c1)c1nccn1C. The number of rotatable bonds is 3. The Balaban J connectivity index is 2.42. The number of hydrogen-bond donors (Lipinski definition) is 1. The summed E-state index contributed by atoms with van der Waals surface area (Å²) in [6.45, 7) is 0. The molecule has 2 rings (SSSR count). The van der Waals surface area contributed by atoms with Crippen molar-refractivity contribution in [3.63, 3.8) is 0 Å². The van der Waals surface area contributed by atoms with Gasteiger partial charge in [-0.2, -0.15) is 0 Å². The molecule has 0 saturated carbocycles. The Bertz CT molecular complexity index is 522. The van der Waals surface area contributed by atoms with E-state index in [1.54, 1.807) is 25.5 Å². The lowest BCUT2D eigenvalue weighted by atomic mass is 10.1. The van der Waals surface area contributed by atoms with E-state index in [2.05, 4.69) is 10.3 Å². The third kappa shape index (κ3) is 2.19. The second-order valence-electron chi connectivity index (χ2n) is 3.79. The summed E-state index contributed by atoms with van der Waals surface area (Å²) >= 11 is 0. The highest BCUT2D eigenvalue weighted by Gasteiger charge is 2.17. The number of aromatic nitrogens is 2. The molecular weight excluding hydrogens is 224 g/mol. The summed E-state index contributed by atoms with van der Waals surface area (Å²) in [6, 6.07) is 3.60. The van der Waals surface area contributed by atoms with Crippen molar-refractivity contribution in [3.05, 3.63) is 53.6 Å². The minimum Gasteiger partial charge on any atom is -0.336 e. The van der Waals surface area contributed by atoms with Crippen LogP contribution in [-0.2, 0) is 7.05 Å². The fourth-order valence-electron chi connectivity index (χ4n) is 1.79. The molecule has 17 heavy (non-hydrogen) atoms. The van der Waals surface area contributed by atoms with Gasteiger partial charge in [-0.1, -0.05) is 6.07 Å². The minimum absolute atomic E-state index is 0.259. The van der Waals surface area contributed by atoms with Crippen molar-refractivity contribution in [2.75, 3.05) is 7.05 Å². The van der Waals surface area contributed by atoms with E-state index in [0.717, 1.165) is 11.9 Å². The first-order valence-corrected chi connectivity index (χ1v) is 5.23. The zero-order valence-corrected chi connectivity index (χ0v) is 9.61. The topological polar surface area (TPSA) is 29.9 Å². The molecule has 1 atom stereocenters. The Morgan fingerprint density at radius 2 is 2.06 bits per heavy atom. The first-order chi connectivity index (χ1) is 8.13. The van der Waals surface area contributed by atoms with Gasteiger partial charge in [-0.15, -0.1) is 0 Å². The zero-order valence-electron chi connectivity index (χ0n) is 9.61. The van der Waals surface area contributed by atoms with Crippen LogP contribution in [0.2, 0.25) is 0 Å². The monoisotopic (exact) mass is 237 g/mol. The molecule has 0 spiro atoms. The predicted molar refractivity (Wildman–Crippen MR) is 60.5 cm³/mol. The maximum Gasteiger partial charge on any atom is 0.159 e. The van der Waals surface area contributed by atoms with Crippen LogP contribution in [-0.4, -0.2) is 16.6 Å². The van der Waals surface area contributed by atoms with Crippen molar-refractivity contribution in [2.45, 2.75) is 6.04 Å². The normalized spacial score (nSPS) is 12.7. The fraction of sp³-hybridized carbons (Fsp3) is 0.250. The van der Waals surface area contributed by atoms with Crippen molar-refractivity contribution in [1.82, 2.24) is 14.9 Å². The van der Waals surface area contributed by atoms with Gasteiger partial charge in [0, 0.05) is 19.4 Å². The molecule has 0 aliphatic heterocycles. The number of nitrogens with zero attached hydrogens (tertiary/aromatic N) is 2. The summed E-state index contributed by atoms with van der Waals surface area (Å²) in [5, 5.41) is 3.04. The van der Waals surface area contributed by atoms with Gasteiger partial charge in [0.1, 0.15) is 5.82 Å².